The zero-order valence-corrected chi connectivity index (χ0v) is 6.90. The first-order chi connectivity index (χ1) is 3.83. The van der Waals surface area contributed by atoms with Gasteiger partial charge in [-0.25, -0.2) is 0 Å². The number of rotatable bonds is 1. The molecule has 0 unspecified atom stereocenters. The lowest BCUT2D eigenvalue weighted by atomic mass is 10.4. The molecule has 1 nitrogen and oxygen atoms in total. The van der Waals surface area contributed by atoms with Gasteiger partial charge in [-0.2, -0.15) is 0 Å². The van der Waals surface area contributed by atoms with Gasteiger partial charge in [0.25, 0.3) is 0 Å². The standard InChI is InChI=1S/C5H3IOS/c6-5-1-4(2-7)3-8-5/h1-3H. The van der Waals surface area contributed by atoms with Crippen molar-refractivity contribution in [3.8, 4) is 0 Å². The third kappa shape index (κ3) is 1.29. The summed E-state index contributed by atoms with van der Waals surface area (Å²) in [7, 11) is 0. The Hall–Kier alpha value is 0.1000. The first-order valence-electron chi connectivity index (χ1n) is 2.02. The maximum Gasteiger partial charge on any atom is 0.150 e. The molecule has 3 heteroatoms. The maximum absolute atomic E-state index is 10.0. The molecule has 1 heterocycles. The first-order valence-corrected chi connectivity index (χ1v) is 3.98. The van der Waals surface area contributed by atoms with Crippen molar-refractivity contribution in [2.24, 2.45) is 0 Å². The normalized spacial score (nSPS) is 9.12. The van der Waals surface area contributed by atoms with Crippen LogP contribution >= 0.6 is 33.9 Å². The summed E-state index contributed by atoms with van der Waals surface area (Å²) in [5.74, 6) is 0. The van der Waals surface area contributed by atoms with E-state index in [1.54, 1.807) is 11.3 Å². The molecular weight excluding hydrogens is 235 g/mol. The Morgan fingerprint density at radius 2 is 2.50 bits per heavy atom. The Labute approximate surface area is 64.9 Å². The summed E-state index contributed by atoms with van der Waals surface area (Å²) >= 11 is 3.77. The third-order valence-electron chi connectivity index (χ3n) is 0.724. The smallest absolute Gasteiger partial charge is 0.150 e. The van der Waals surface area contributed by atoms with Crippen LogP contribution in [0.1, 0.15) is 10.4 Å². The number of hydrogen-bond acceptors (Lipinski definition) is 2. The second-order valence-corrected chi connectivity index (χ2v) is 4.11. The van der Waals surface area contributed by atoms with E-state index in [0.29, 0.717) is 0 Å². The molecular formula is C5H3IOS. The van der Waals surface area contributed by atoms with Crippen LogP contribution in [0.15, 0.2) is 11.4 Å². The van der Waals surface area contributed by atoms with Gasteiger partial charge < -0.3 is 0 Å². The zero-order chi connectivity index (χ0) is 5.98. The quantitative estimate of drug-likeness (QED) is 0.541. The van der Waals surface area contributed by atoms with Crippen LogP contribution in [0.3, 0.4) is 0 Å². The lowest BCUT2D eigenvalue weighted by molar-refractivity contribution is 0.112. The minimum atomic E-state index is 0.777. The third-order valence-corrected chi connectivity index (χ3v) is 2.53. The summed E-state index contributed by atoms with van der Waals surface area (Å²) in [6.45, 7) is 0. The molecule has 0 aliphatic rings. The molecule has 0 fully saturated rings. The molecule has 0 aliphatic carbocycles. The van der Waals surface area contributed by atoms with E-state index in [9.17, 15) is 4.79 Å². The van der Waals surface area contributed by atoms with Crippen molar-refractivity contribution in [3.63, 3.8) is 0 Å². The highest BCUT2D eigenvalue weighted by atomic mass is 127. The number of thiophene rings is 1. The van der Waals surface area contributed by atoms with Gasteiger partial charge in [0, 0.05) is 10.9 Å². The van der Waals surface area contributed by atoms with E-state index in [4.69, 9.17) is 0 Å². The van der Waals surface area contributed by atoms with Crippen LogP contribution in [-0.4, -0.2) is 6.29 Å². The fraction of sp³-hybridized carbons (Fsp3) is 0. The summed E-state index contributed by atoms with van der Waals surface area (Å²) in [5, 5.41) is 1.84. The van der Waals surface area contributed by atoms with E-state index >= 15 is 0 Å². The van der Waals surface area contributed by atoms with Crippen LogP contribution in [0.25, 0.3) is 0 Å². The van der Waals surface area contributed by atoms with Crippen LogP contribution in [0.5, 0.6) is 0 Å². The zero-order valence-electron chi connectivity index (χ0n) is 3.93. The van der Waals surface area contributed by atoms with Gasteiger partial charge in [0.1, 0.15) is 0 Å². The van der Waals surface area contributed by atoms with Crippen molar-refractivity contribution >= 4 is 40.2 Å². The predicted molar refractivity (Wildman–Crippen MR) is 42.4 cm³/mol. The van der Waals surface area contributed by atoms with E-state index in [-0.39, 0.29) is 0 Å². The molecule has 1 rings (SSSR count). The molecule has 0 atom stereocenters. The van der Waals surface area contributed by atoms with E-state index in [0.717, 1.165) is 14.7 Å². The second kappa shape index (κ2) is 2.59. The lowest BCUT2D eigenvalue weighted by Crippen LogP contribution is -1.66. The topological polar surface area (TPSA) is 17.1 Å². The molecule has 42 valence electrons. The molecule has 0 aromatic carbocycles. The van der Waals surface area contributed by atoms with Crippen molar-refractivity contribution < 1.29 is 4.79 Å². The first kappa shape index (κ1) is 6.22. The number of carbonyl (C=O) groups is 1. The molecule has 1 aromatic heterocycles. The summed E-state index contributed by atoms with van der Waals surface area (Å²) in [6.07, 6.45) is 0.860. The fourth-order valence-electron chi connectivity index (χ4n) is 0.385. The van der Waals surface area contributed by atoms with Gasteiger partial charge in [-0.15, -0.1) is 11.3 Å². The highest BCUT2D eigenvalue weighted by molar-refractivity contribution is 14.1. The van der Waals surface area contributed by atoms with Crippen molar-refractivity contribution in [1.29, 1.82) is 0 Å². The highest BCUT2D eigenvalue weighted by Crippen LogP contribution is 2.14. The summed E-state index contributed by atoms with van der Waals surface area (Å²) < 4.78 is 1.16. The molecule has 0 radical (unpaired) electrons. The van der Waals surface area contributed by atoms with Gasteiger partial charge in [0.15, 0.2) is 6.29 Å². The van der Waals surface area contributed by atoms with Crippen LogP contribution in [-0.2, 0) is 0 Å². The molecule has 0 spiro atoms. The number of halogens is 1. The SMILES string of the molecule is O=Cc1csc(I)c1. The molecule has 0 bridgehead atoms. The molecule has 0 saturated carbocycles. The van der Waals surface area contributed by atoms with Gasteiger partial charge in [-0.3, -0.25) is 4.79 Å². The van der Waals surface area contributed by atoms with Crippen molar-refractivity contribution in [3.05, 3.63) is 19.9 Å². The fourth-order valence-corrected chi connectivity index (χ4v) is 1.70. The Kier molecular flexibility index (Phi) is 2.01. The Balaban J connectivity index is 3.00. The molecule has 8 heavy (non-hydrogen) atoms. The van der Waals surface area contributed by atoms with E-state index in [1.807, 2.05) is 11.4 Å². The molecule has 1 aromatic rings. The Morgan fingerprint density at radius 3 is 2.75 bits per heavy atom. The molecule has 0 saturated heterocycles. The van der Waals surface area contributed by atoms with Gasteiger partial charge in [-0.1, -0.05) is 0 Å². The second-order valence-electron chi connectivity index (χ2n) is 1.30. The van der Waals surface area contributed by atoms with E-state index < -0.39 is 0 Å². The van der Waals surface area contributed by atoms with E-state index in [1.165, 1.54) is 0 Å². The number of hydrogen-bond donors (Lipinski definition) is 0. The Morgan fingerprint density at radius 1 is 1.75 bits per heavy atom. The van der Waals surface area contributed by atoms with E-state index in [2.05, 4.69) is 22.6 Å². The van der Waals surface area contributed by atoms with Gasteiger partial charge in [0.05, 0.1) is 2.88 Å². The summed E-state index contributed by atoms with van der Waals surface area (Å²) in [6, 6.07) is 1.86. The predicted octanol–water partition coefficient (Wildman–Crippen LogP) is 2.17. The number of aldehydes is 1. The summed E-state index contributed by atoms with van der Waals surface area (Å²) in [5.41, 5.74) is 0.777. The van der Waals surface area contributed by atoms with Crippen LogP contribution in [0, 0.1) is 2.88 Å². The molecule has 0 N–H and O–H groups in total. The van der Waals surface area contributed by atoms with Crippen molar-refractivity contribution in [2.75, 3.05) is 0 Å². The van der Waals surface area contributed by atoms with Crippen LogP contribution < -0.4 is 0 Å². The highest BCUT2D eigenvalue weighted by Gasteiger charge is 1.91. The summed E-state index contributed by atoms with van der Waals surface area (Å²) in [4.78, 5) is 10.0. The van der Waals surface area contributed by atoms with Gasteiger partial charge in [-0.05, 0) is 28.7 Å². The largest absolute Gasteiger partial charge is 0.298 e. The lowest BCUT2D eigenvalue weighted by Gasteiger charge is -1.68. The van der Waals surface area contributed by atoms with Crippen molar-refractivity contribution in [1.82, 2.24) is 0 Å². The van der Waals surface area contributed by atoms with Crippen molar-refractivity contribution in [2.45, 2.75) is 0 Å². The van der Waals surface area contributed by atoms with Crippen LogP contribution in [0.4, 0.5) is 0 Å². The average molecular weight is 238 g/mol. The monoisotopic (exact) mass is 238 g/mol. The Bertz CT molecular complexity index is 194. The minimum absolute atomic E-state index is 0.777. The number of carbonyl (C=O) groups excluding carboxylic acids is 1. The molecule has 0 aliphatic heterocycles. The maximum atomic E-state index is 10.0. The van der Waals surface area contributed by atoms with Gasteiger partial charge >= 0.3 is 0 Å². The van der Waals surface area contributed by atoms with Gasteiger partial charge in [0.2, 0.25) is 0 Å². The molecule has 0 amide bonds. The minimum Gasteiger partial charge on any atom is -0.298 e. The van der Waals surface area contributed by atoms with Crippen LogP contribution in [0.2, 0.25) is 0 Å². The average Bonchev–Trinajstić information content (AvgIpc) is 2.14.